The van der Waals surface area contributed by atoms with Crippen molar-refractivity contribution in [2.24, 2.45) is 11.7 Å². The Morgan fingerprint density at radius 1 is 1.00 bits per heavy atom. The zero-order chi connectivity index (χ0) is 20.5. The molecule has 1 amide bonds. The Morgan fingerprint density at radius 3 is 2.07 bits per heavy atom. The molecule has 0 saturated carbocycles. The molecule has 0 aliphatic carbocycles. The van der Waals surface area contributed by atoms with Crippen molar-refractivity contribution in [3.63, 3.8) is 0 Å². The van der Waals surface area contributed by atoms with Gasteiger partial charge in [0.15, 0.2) is 0 Å². The first kappa shape index (κ1) is 21.2. The maximum Gasteiger partial charge on any atom is 0.243 e. The van der Waals surface area contributed by atoms with Crippen molar-refractivity contribution in [1.82, 2.24) is 8.61 Å². The van der Waals surface area contributed by atoms with E-state index in [0.717, 1.165) is 0 Å². The molecule has 2 atom stereocenters. The number of piperidine rings is 1. The molecule has 2 saturated heterocycles. The van der Waals surface area contributed by atoms with Crippen LogP contribution in [0.2, 0.25) is 0 Å². The van der Waals surface area contributed by atoms with Crippen LogP contribution in [0.1, 0.15) is 19.8 Å². The van der Waals surface area contributed by atoms with E-state index in [1.165, 1.54) is 32.9 Å². The molecule has 2 heterocycles. The second-order valence-corrected chi connectivity index (χ2v) is 10.9. The molecule has 9 nitrogen and oxygen atoms in total. The van der Waals surface area contributed by atoms with Gasteiger partial charge in [-0.2, -0.15) is 8.61 Å². The number of amides is 1. The average molecular weight is 432 g/mol. The second-order valence-electron chi connectivity index (χ2n) is 7.09. The first-order valence-electron chi connectivity index (χ1n) is 9.13. The Labute approximate surface area is 165 Å². The standard InChI is InChI=1S/C17H25N3O6S2/c1-13-2-3-14(17(18)21)12-20(13)28(24,25)16-6-4-15(5-7-16)27(22,23)19-8-10-26-11-9-19/h4-7,13-14H,2-3,8-12H2,1H3,(H2,18,21). The highest BCUT2D eigenvalue weighted by molar-refractivity contribution is 7.89. The number of nitrogens with two attached hydrogens (primary N) is 1. The van der Waals surface area contributed by atoms with Gasteiger partial charge in [-0.15, -0.1) is 0 Å². The zero-order valence-electron chi connectivity index (χ0n) is 15.7. The number of sulfonamides is 2. The predicted molar refractivity (Wildman–Crippen MR) is 101 cm³/mol. The van der Waals surface area contributed by atoms with E-state index in [-0.39, 0.29) is 35.5 Å². The highest BCUT2D eigenvalue weighted by Gasteiger charge is 2.37. The number of hydrogen-bond acceptors (Lipinski definition) is 6. The summed E-state index contributed by atoms with van der Waals surface area (Å²) in [6.07, 6.45) is 1.09. The molecule has 2 N–H and O–H groups in total. The summed E-state index contributed by atoms with van der Waals surface area (Å²) in [5, 5.41) is 0. The van der Waals surface area contributed by atoms with Gasteiger partial charge in [-0.05, 0) is 44.0 Å². The normalized spacial score (nSPS) is 25.5. The Morgan fingerprint density at radius 2 is 1.54 bits per heavy atom. The van der Waals surface area contributed by atoms with Gasteiger partial charge in [-0.1, -0.05) is 0 Å². The third-order valence-corrected chi connectivity index (χ3v) is 9.17. The monoisotopic (exact) mass is 431 g/mol. The first-order chi connectivity index (χ1) is 13.1. The molecule has 2 unspecified atom stereocenters. The van der Waals surface area contributed by atoms with Gasteiger partial charge in [0.25, 0.3) is 0 Å². The number of ether oxygens (including phenoxy) is 1. The fourth-order valence-electron chi connectivity index (χ4n) is 3.50. The van der Waals surface area contributed by atoms with Gasteiger partial charge in [-0.25, -0.2) is 16.8 Å². The van der Waals surface area contributed by atoms with Crippen LogP contribution < -0.4 is 5.73 Å². The van der Waals surface area contributed by atoms with Gasteiger partial charge >= 0.3 is 0 Å². The molecular weight excluding hydrogens is 406 g/mol. The number of morpholine rings is 1. The number of benzene rings is 1. The number of carbonyl (C=O) groups excluding carboxylic acids is 1. The molecule has 0 aromatic heterocycles. The Kier molecular flexibility index (Phi) is 6.11. The smallest absolute Gasteiger partial charge is 0.243 e. The Bertz CT molecular complexity index is 924. The van der Waals surface area contributed by atoms with Crippen LogP contribution in [0.5, 0.6) is 0 Å². The highest BCUT2D eigenvalue weighted by atomic mass is 32.2. The predicted octanol–water partition coefficient (Wildman–Crippen LogP) is -0.0180. The lowest BCUT2D eigenvalue weighted by Crippen LogP contribution is -2.48. The molecule has 0 bridgehead atoms. The third kappa shape index (κ3) is 4.08. The van der Waals surface area contributed by atoms with Crippen molar-refractivity contribution in [1.29, 1.82) is 0 Å². The van der Waals surface area contributed by atoms with E-state index in [1.807, 2.05) is 0 Å². The van der Waals surface area contributed by atoms with Gasteiger partial charge in [0, 0.05) is 25.7 Å². The van der Waals surface area contributed by atoms with E-state index >= 15 is 0 Å². The van der Waals surface area contributed by atoms with Crippen molar-refractivity contribution in [3.05, 3.63) is 24.3 Å². The maximum absolute atomic E-state index is 13.0. The zero-order valence-corrected chi connectivity index (χ0v) is 17.3. The number of carbonyl (C=O) groups is 1. The van der Waals surface area contributed by atoms with Crippen LogP contribution in [0, 0.1) is 5.92 Å². The van der Waals surface area contributed by atoms with Crippen molar-refractivity contribution < 1.29 is 26.4 Å². The lowest BCUT2D eigenvalue weighted by Gasteiger charge is -2.35. The quantitative estimate of drug-likeness (QED) is 0.698. The van der Waals surface area contributed by atoms with Crippen molar-refractivity contribution >= 4 is 26.0 Å². The van der Waals surface area contributed by atoms with E-state index < -0.39 is 31.9 Å². The summed E-state index contributed by atoms with van der Waals surface area (Å²) in [5.74, 6) is -1.04. The summed E-state index contributed by atoms with van der Waals surface area (Å²) in [6, 6.07) is 4.93. The summed E-state index contributed by atoms with van der Waals surface area (Å²) in [5.41, 5.74) is 5.35. The van der Waals surface area contributed by atoms with Gasteiger partial charge in [0.05, 0.1) is 28.9 Å². The number of primary amides is 1. The van der Waals surface area contributed by atoms with Gasteiger partial charge in [0.1, 0.15) is 0 Å². The minimum Gasteiger partial charge on any atom is -0.379 e. The molecule has 11 heteroatoms. The average Bonchev–Trinajstić information content (AvgIpc) is 2.68. The van der Waals surface area contributed by atoms with Crippen molar-refractivity contribution in [2.75, 3.05) is 32.8 Å². The lowest BCUT2D eigenvalue weighted by molar-refractivity contribution is -0.123. The van der Waals surface area contributed by atoms with Crippen LogP contribution in [0.4, 0.5) is 0 Å². The molecule has 1 aromatic carbocycles. The molecule has 2 aliphatic rings. The van der Waals surface area contributed by atoms with Crippen LogP contribution >= 0.6 is 0 Å². The SMILES string of the molecule is CC1CCC(C(N)=O)CN1S(=O)(=O)c1ccc(S(=O)(=O)N2CCOCC2)cc1. The molecule has 2 aliphatic heterocycles. The summed E-state index contributed by atoms with van der Waals surface area (Å²) in [7, 11) is -7.56. The summed E-state index contributed by atoms with van der Waals surface area (Å²) in [6.45, 7) is 3.02. The minimum absolute atomic E-state index is 0.00889. The number of rotatable bonds is 5. The van der Waals surface area contributed by atoms with Crippen LogP contribution in [0.25, 0.3) is 0 Å². The molecule has 28 heavy (non-hydrogen) atoms. The Hall–Kier alpha value is -1.53. The summed E-state index contributed by atoms with van der Waals surface area (Å²) >= 11 is 0. The largest absolute Gasteiger partial charge is 0.379 e. The Balaban J connectivity index is 1.84. The van der Waals surface area contributed by atoms with Crippen LogP contribution in [0.15, 0.2) is 34.1 Å². The van der Waals surface area contributed by atoms with Gasteiger partial charge in [0.2, 0.25) is 26.0 Å². The topological polar surface area (TPSA) is 127 Å². The number of nitrogens with zero attached hydrogens (tertiary/aromatic N) is 2. The second kappa shape index (κ2) is 8.07. The first-order valence-corrected chi connectivity index (χ1v) is 12.0. The fourth-order valence-corrected chi connectivity index (χ4v) is 6.61. The molecule has 0 radical (unpaired) electrons. The molecule has 3 rings (SSSR count). The van der Waals surface area contributed by atoms with E-state index in [4.69, 9.17) is 10.5 Å². The molecule has 0 spiro atoms. The molecule has 2 fully saturated rings. The third-order valence-electron chi connectivity index (χ3n) is 5.27. The van der Waals surface area contributed by atoms with Crippen LogP contribution in [0.3, 0.4) is 0 Å². The minimum atomic E-state index is -3.87. The molecular formula is C17H25N3O6S2. The van der Waals surface area contributed by atoms with Gasteiger partial charge < -0.3 is 10.5 Å². The van der Waals surface area contributed by atoms with Gasteiger partial charge in [-0.3, -0.25) is 4.79 Å². The maximum atomic E-state index is 13.0. The van der Waals surface area contributed by atoms with E-state index in [2.05, 4.69) is 0 Å². The van der Waals surface area contributed by atoms with E-state index in [0.29, 0.717) is 26.1 Å². The summed E-state index contributed by atoms with van der Waals surface area (Å²) in [4.78, 5) is 11.5. The molecule has 156 valence electrons. The van der Waals surface area contributed by atoms with Crippen LogP contribution in [-0.2, 0) is 29.6 Å². The van der Waals surface area contributed by atoms with Crippen molar-refractivity contribution in [3.8, 4) is 0 Å². The van der Waals surface area contributed by atoms with Crippen molar-refractivity contribution in [2.45, 2.75) is 35.6 Å². The number of hydrogen-bond donors (Lipinski definition) is 1. The lowest BCUT2D eigenvalue weighted by atomic mass is 9.95. The summed E-state index contributed by atoms with van der Waals surface area (Å²) < 4.78 is 59.2. The highest BCUT2D eigenvalue weighted by Crippen LogP contribution is 2.29. The fraction of sp³-hybridized carbons (Fsp3) is 0.588. The van der Waals surface area contributed by atoms with Crippen LogP contribution in [-0.4, -0.2) is 70.2 Å². The van der Waals surface area contributed by atoms with E-state index in [1.54, 1.807) is 6.92 Å². The molecule has 1 aromatic rings. The van der Waals surface area contributed by atoms with E-state index in [9.17, 15) is 21.6 Å².